The number of nitrogens with zero attached hydrogens (tertiary/aromatic N) is 1. The van der Waals surface area contributed by atoms with Gasteiger partial charge in [-0.05, 0) is 25.7 Å². The highest BCUT2D eigenvalue weighted by Crippen LogP contribution is 2.25. The van der Waals surface area contributed by atoms with Crippen LogP contribution in [0.4, 0.5) is 9.59 Å². The summed E-state index contributed by atoms with van der Waals surface area (Å²) in [6.07, 6.45) is 11.1. The Kier molecular flexibility index (Phi) is 11.3. The van der Waals surface area contributed by atoms with Crippen LogP contribution in [0, 0.1) is 0 Å². The molecule has 1 fully saturated rings. The van der Waals surface area contributed by atoms with E-state index < -0.39 is 12.2 Å². The van der Waals surface area contributed by atoms with Gasteiger partial charge in [0.25, 0.3) is 0 Å². The van der Waals surface area contributed by atoms with E-state index in [1.54, 1.807) is 0 Å². The number of amides is 2. The van der Waals surface area contributed by atoms with Crippen molar-refractivity contribution in [1.29, 1.82) is 0 Å². The Bertz CT molecular complexity index is 327. The van der Waals surface area contributed by atoms with Crippen LogP contribution < -0.4 is 0 Å². The van der Waals surface area contributed by atoms with Gasteiger partial charge in [-0.25, -0.2) is 14.5 Å². The quantitative estimate of drug-likeness (QED) is 0.455. The van der Waals surface area contributed by atoms with Crippen LogP contribution in [0.25, 0.3) is 0 Å². The summed E-state index contributed by atoms with van der Waals surface area (Å²) in [6.45, 7) is 5.05. The first-order valence-electron chi connectivity index (χ1n) is 9.83. The lowest BCUT2D eigenvalue weighted by molar-refractivity contribution is 0.0618. The van der Waals surface area contributed by atoms with Crippen LogP contribution in [0.2, 0.25) is 0 Å². The van der Waals surface area contributed by atoms with Crippen LogP contribution in [-0.2, 0) is 9.47 Å². The number of hydrogen-bond donors (Lipinski definition) is 0. The zero-order valence-corrected chi connectivity index (χ0v) is 15.6. The van der Waals surface area contributed by atoms with E-state index in [1.807, 2.05) is 0 Å². The molecule has 0 aliphatic heterocycles. The molecule has 5 nitrogen and oxygen atoms in total. The third kappa shape index (κ3) is 8.02. The molecule has 24 heavy (non-hydrogen) atoms. The molecule has 0 bridgehead atoms. The molecule has 0 heterocycles. The van der Waals surface area contributed by atoms with E-state index in [0.29, 0.717) is 13.2 Å². The monoisotopic (exact) mass is 341 g/mol. The molecule has 0 aromatic heterocycles. The van der Waals surface area contributed by atoms with E-state index in [4.69, 9.17) is 9.47 Å². The second-order valence-corrected chi connectivity index (χ2v) is 6.66. The molecular formula is C19H35NO4. The van der Waals surface area contributed by atoms with E-state index in [2.05, 4.69) is 13.8 Å². The summed E-state index contributed by atoms with van der Waals surface area (Å²) in [5, 5.41) is 0. The summed E-state index contributed by atoms with van der Waals surface area (Å²) >= 11 is 0. The number of unbranched alkanes of at least 4 members (excludes halogenated alkanes) is 6. The van der Waals surface area contributed by atoms with Gasteiger partial charge >= 0.3 is 12.2 Å². The second-order valence-electron chi connectivity index (χ2n) is 6.66. The fraction of sp³-hybridized carbons (Fsp3) is 0.895. The van der Waals surface area contributed by atoms with Crippen molar-refractivity contribution in [3.8, 4) is 0 Å². The molecule has 0 aromatic rings. The molecule has 0 atom stereocenters. The Morgan fingerprint density at radius 2 is 1.25 bits per heavy atom. The number of imide groups is 1. The Labute approximate surface area is 147 Å². The lowest BCUT2D eigenvalue weighted by Crippen LogP contribution is -2.44. The summed E-state index contributed by atoms with van der Waals surface area (Å²) < 4.78 is 10.6. The average Bonchev–Trinajstić information content (AvgIpc) is 3.08. The summed E-state index contributed by atoms with van der Waals surface area (Å²) in [7, 11) is 0. The third-order valence-electron chi connectivity index (χ3n) is 4.53. The summed E-state index contributed by atoms with van der Waals surface area (Å²) in [5.41, 5.74) is 0. The third-order valence-corrected chi connectivity index (χ3v) is 4.53. The average molecular weight is 341 g/mol. The summed E-state index contributed by atoms with van der Waals surface area (Å²) in [6, 6.07) is -0.0590. The Morgan fingerprint density at radius 1 is 0.792 bits per heavy atom. The first kappa shape index (κ1) is 20.8. The molecule has 1 aliphatic carbocycles. The van der Waals surface area contributed by atoms with Gasteiger partial charge in [-0.2, -0.15) is 0 Å². The molecule has 0 radical (unpaired) electrons. The zero-order valence-electron chi connectivity index (χ0n) is 15.6. The molecule has 1 rings (SSSR count). The first-order chi connectivity index (χ1) is 11.7. The minimum Gasteiger partial charge on any atom is -0.449 e. The largest absolute Gasteiger partial charge is 0.449 e. The Balaban J connectivity index is 2.41. The van der Waals surface area contributed by atoms with E-state index >= 15 is 0 Å². The van der Waals surface area contributed by atoms with Gasteiger partial charge in [-0.1, -0.05) is 65.2 Å². The lowest BCUT2D eigenvalue weighted by atomic mass is 10.2. The zero-order chi connectivity index (χ0) is 17.6. The van der Waals surface area contributed by atoms with Crippen LogP contribution in [0.1, 0.15) is 90.9 Å². The lowest BCUT2D eigenvalue weighted by Gasteiger charge is -2.25. The Hall–Kier alpha value is -1.26. The predicted octanol–water partition coefficient (Wildman–Crippen LogP) is 5.66. The van der Waals surface area contributed by atoms with Crippen molar-refractivity contribution in [2.45, 2.75) is 96.9 Å². The molecule has 0 unspecified atom stereocenters. The maximum atomic E-state index is 12.3. The van der Waals surface area contributed by atoms with Crippen LogP contribution in [0.3, 0.4) is 0 Å². The normalized spacial score (nSPS) is 14.6. The van der Waals surface area contributed by atoms with Crippen LogP contribution in [-0.4, -0.2) is 36.3 Å². The van der Waals surface area contributed by atoms with Crippen molar-refractivity contribution in [3.63, 3.8) is 0 Å². The van der Waals surface area contributed by atoms with Crippen LogP contribution >= 0.6 is 0 Å². The number of carbonyl (C=O) groups excluding carboxylic acids is 2. The Morgan fingerprint density at radius 3 is 1.67 bits per heavy atom. The van der Waals surface area contributed by atoms with Crippen molar-refractivity contribution >= 4 is 12.2 Å². The van der Waals surface area contributed by atoms with Crippen molar-refractivity contribution < 1.29 is 19.1 Å². The molecule has 0 spiro atoms. The number of ether oxygens (including phenoxy) is 2. The van der Waals surface area contributed by atoms with Gasteiger partial charge in [-0.3, -0.25) is 0 Å². The van der Waals surface area contributed by atoms with Crippen molar-refractivity contribution in [2.24, 2.45) is 0 Å². The van der Waals surface area contributed by atoms with E-state index in [1.165, 1.54) is 4.90 Å². The van der Waals surface area contributed by atoms with Crippen LogP contribution in [0.15, 0.2) is 0 Å². The van der Waals surface area contributed by atoms with Crippen molar-refractivity contribution in [1.82, 2.24) is 4.90 Å². The number of rotatable bonds is 11. The van der Waals surface area contributed by atoms with Gasteiger partial charge in [0.2, 0.25) is 0 Å². The minimum atomic E-state index is -0.531. The summed E-state index contributed by atoms with van der Waals surface area (Å²) in [4.78, 5) is 25.9. The van der Waals surface area contributed by atoms with Gasteiger partial charge < -0.3 is 9.47 Å². The predicted molar refractivity (Wildman–Crippen MR) is 95.1 cm³/mol. The maximum Gasteiger partial charge on any atom is 0.419 e. The highest BCUT2D eigenvalue weighted by Gasteiger charge is 2.34. The van der Waals surface area contributed by atoms with Crippen molar-refractivity contribution in [2.75, 3.05) is 13.2 Å². The number of hydrogen-bond acceptors (Lipinski definition) is 4. The highest BCUT2D eigenvalue weighted by atomic mass is 16.6. The van der Waals surface area contributed by atoms with Gasteiger partial charge in [0.1, 0.15) is 0 Å². The summed E-state index contributed by atoms with van der Waals surface area (Å²) in [5.74, 6) is 0. The smallest absolute Gasteiger partial charge is 0.419 e. The molecule has 140 valence electrons. The van der Waals surface area contributed by atoms with E-state index in [0.717, 1.165) is 77.0 Å². The number of carbonyl (C=O) groups is 2. The molecule has 2 amide bonds. The highest BCUT2D eigenvalue weighted by molar-refractivity contribution is 5.88. The van der Waals surface area contributed by atoms with Gasteiger partial charge in [0, 0.05) is 6.04 Å². The topological polar surface area (TPSA) is 55.8 Å². The van der Waals surface area contributed by atoms with Gasteiger partial charge in [0.15, 0.2) is 0 Å². The molecular weight excluding hydrogens is 306 g/mol. The SMILES string of the molecule is CCCCCCOC(=O)N(C(=O)OCCCCCC)C1CCCC1. The maximum absolute atomic E-state index is 12.3. The van der Waals surface area contributed by atoms with Crippen LogP contribution in [0.5, 0.6) is 0 Å². The second kappa shape index (κ2) is 13.1. The first-order valence-corrected chi connectivity index (χ1v) is 9.83. The molecule has 0 aromatic carbocycles. The van der Waals surface area contributed by atoms with E-state index in [9.17, 15) is 9.59 Å². The molecule has 5 heteroatoms. The molecule has 1 aliphatic rings. The van der Waals surface area contributed by atoms with Gasteiger partial charge in [-0.15, -0.1) is 0 Å². The van der Waals surface area contributed by atoms with E-state index in [-0.39, 0.29) is 6.04 Å². The molecule has 1 saturated carbocycles. The fourth-order valence-electron chi connectivity index (χ4n) is 3.05. The standard InChI is InChI=1S/C19H35NO4/c1-3-5-7-11-15-23-18(21)20(17-13-9-10-14-17)19(22)24-16-12-8-6-4-2/h17H,3-16H2,1-2H3. The fourth-order valence-corrected chi connectivity index (χ4v) is 3.05. The van der Waals surface area contributed by atoms with Crippen molar-refractivity contribution in [3.05, 3.63) is 0 Å². The minimum absolute atomic E-state index is 0.0590. The molecule has 0 saturated heterocycles. The van der Waals surface area contributed by atoms with Gasteiger partial charge in [0.05, 0.1) is 13.2 Å². The molecule has 0 N–H and O–H groups in total.